The molecule has 0 heterocycles. The molecule has 0 spiro atoms. The standard InChI is InChI=1S/C14H21NO3/c1-4-14(5-2,9-16)15-13(18)11-8-6-7-10(3)12(11)17/h6-8,16-17H,4-5,9H2,1-3H3,(H,15,18). The van der Waals surface area contributed by atoms with Crippen molar-refractivity contribution in [2.45, 2.75) is 39.2 Å². The van der Waals surface area contributed by atoms with E-state index in [1.54, 1.807) is 25.1 Å². The van der Waals surface area contributed by atoms with E-state index in [2.05, 4.69) is 5.32 Å². The number of phenols is 1. The van der Waals surface area contributed by atoms with E-state index in [1.165, 1.54) is 0 Å². The summed E-state index contributed by atoms with van der Waals surface area (Å²) in [6, 6.07) is 5.04. The summed E-state index contributed by atoms with van der Waals surface area (Å²) in [4.78, 5) is 12.1. The van der Waals surface area contributed by atoms with Gasteiger partial charge in [0.15, 0.2) is 0 Å². The van der Waals surface area contributed by atoms with Crippen LogP contribution in [0.25, 0.3) is 0 Å². The molecule has 0 atom stereocenters. The average molecular weight is 251 g/mol. The fourth-order valence-electron chi connectivity index (χ4n) is 1.84. The first-order valence-corrected chi connectivity index (χ1v) is 6.21. The van der Waals surface area contributed by atoms with Gasteiger partial charge in [-0.05, 0) is 31.4 Å². The molecule has 0 fully saturated rings. The molecule has 0 saturated heterocycles. The molecule has 4 heteroatoms. The molecule has 0 saturated carbocycles. The SMILES string of the molecule is CCC(CC)(CO)NC(=O)c1cccc(C)c1O. The summed E-state index contributed by atoms with van der Waals surface area (Å²) in [6.45, 7) is 5.45. The summed E-state index contributed by atoms with van der Waals surface area (Å²) >= 11 is 0. The number of nitrogens with one attached hydrogen (secondary N) is 1. The normalized spacial score (nSPS) is 11.3. The highest BCUT2D eigenvalue weighted by molar-refractivity contribution is 5.97. The number of para-hydroxylation sites is 1. The van der Waals surface area contributed by atoms with E-state index in [0.717, 1.165) is 0 Å². The van der Waals surface area contributed by atoms with Crippen LogP contribution in [-0.2, 0) is 0 Å². The molecule has 0 aliphatic rings. The zero-order valence-electron chi connectivity index (χ0n) is 11.2. The number of aliphatic hydroxyl groups excluding tert-OH is 1. The second-order valence-corrected chi connectivity index (χ2v) is 4.57. The van der Waals surface area contributed by atoms with Crippen molar-refractivity contribution in [3.8, 4) is 5.75 Å². The Kier molecular flexibility index (Phi) is 4.73. The van der Waals surface area contributed by atoms with E-state index >= 15 is 0 Å². The van der Waals surface area contributed by atoms with E-state index in [0.29, 0.717) is 18.4 Å². The Morgan fingerprint density at radius 2 is 1.94 bits per heavy atom. The summed E-state index contributed by atoms with van der Waals surface area (Å²) in [5.41, 5.74) is 0.285. The Morgan fingerprint density at radius 3 is 2.44 bits per heavy atom. The average Bonchev–Trinajstić information content (AvgIpc) is 2.39. The Hall–Kier alpha value is -1.55. The number of amides is 1. The van der Waals surface area contributed by atoms with Crippen molar-refractivity contribution in [2.24, 2.45) is 0 Å². The van der Waals surface area contributed by atoms with Gasteiger partial charge in [-0.25, -0.2) is 0 Å². The summed E-state index contributed by atoms with van der Waals surface area (Å²) < 4.78 is 0. The third-order valence-electron chi connectivity index (χ3n) is 3.52. The van der Waals surface area contributed by atoms with Crippen LogP contribution in [0.2, 0.25) is 0 Å². The fraction of sp³-hybridized carbons (Fsp3) is 0.500. The predicted molar refractivity (Wildman–Crippen MR) is 70.7 cm³/mol. The third-order valence-corrected chi connectivity index (χ3v) is 3.52. The highest BCUT2D eigenvalue weighted by Gasteiger charge is 2.28. The second kappa shape index (κ2) is 5.87. The molecule has 0 aromatic heterocycles. The maximum Gasteiger partial charge on any atom is 0.255 e. The lowest BCUT2D eigenvalue weighted by Crippen LogP contribution is -2.50. The predicted octanol–water partition coefficient (Wildman–Crippen LogP) is 1.98. The van der Waals surface area contributed by atoms with Crippen LogP contribution in [-0.4, -0.2) is 28.3 Å². The summed E-state index contributed by atoms with van der Waals surface area (Å²) in [7, 11) is 0. The van der Waals surface area contributed by atoms with Gasteiger partial charge in [0.2, 0.25) is 0 Å². The van der Waals surface area contributed by atoms with Crippen LogP contribution in [0.5, 0.6) is 5.75 Å². The van der Waals surface area contributed by atoms with Gasteiger partial charge in [-0.2, -0.15) is 0 Å². The number of hydrogen-bond donors (Lipinski definition) is 3. The molecule has 0 bridgehead atoms. The van der Waals surface area contributed by atoms with Crippen LogP contribution in [0, 0.1) is 6.92 Å². The van der Waals surface area contributed by atoms with Gasteiger partial charge in [0.25, 0.3) is 5.91 Å². The molecule has 1 aromatic rings. The highest BCUT2D eigenvalue weighted by Crippen LogP contribution is 2.23. The van der Waals surface area contributed by atoms with Gasteiger partial charge in [0.1, 0.15) is 5.75 Å². The molecule has 18 heavy (non-hydrogen) atoms. The topological polar surface area (TPSA) is 69.6 Å². The van der Waals surface area contributed by atoms with Crippen LogP contribution in [0.3, 0.4) is 0 Å². The molecule has 0 aliphatic carbocycles. The monoisotopic (exact) mass is 251 g/mol. The molecular formula is C14H21NO3. The van der Waals surface area contributed by atoms with E-state index in [9.17, 15) is 15.0 Å². The smallest absolute Gasteiger partial charge is 0.255 e. The molecule has 3 N–H and O–H groups in total. The number of carbonyl (C=O) groups excluding carboxylic acids is 1. The van der Waals surface area contributed by atoms with Crippen molar-refractivity contribution in [1.29, 1.82) is 0 Å². The number of aromatic hydroxyl groups is 1. The lowest BCUT2D eigenvalue weighted by atomic mass is 9.93. The van der Waals surface area contributed by atoms with E-state index in [4.69, 9.17) is 0 Å². The van der Waals surface area contributed by atoms with Gasteiger partial charge in [-0.1, -0.05) is 26.0 Å². The number of phenolic OH excluding ortho intramolecular Hbond substituents is 1. The number of aryl methyl sites for hydroxylation is 1. The van der Waals surface area contributed by atoms with Crippen molar-refractivity contribution in [2.75, 3.05) is 6.61 Å². The molecule has 100 valence electrons. The van der Waals surface area contributed by atoms with Gasteiger partial charge in [0.05, 0.1) is 17.7 Å². The minimum atomic E-state index is -0.618. The van der Waals surface area contributed by atoms with Crippen molar-refractivity contribution >= 4 is 5.91 Å². The quantitative estimate of drug-likeness (QED) is 0.749. The Bertz CT molecular complexity index is 417. The number of benzene rings is 1. The zero-order valence-corrected chi connectivity index (χ0v) is 11.2. The highest BCUT2D eigenvalue weighted by atomic mass is 16.3. The number of carbonyl (C=O) groups is 1. The van der Waals surface area contributed by atoms with Crippen LogP contribution in [0.4, 0.5) is 0 Å². The largest absolute Gasteiger partial charge is 0.507 e. The summed E-state index contributed by atoms with van der Waals surface area (Å²) in [5.74, 6) is -0.358. The van der Waals surface area contributed by atoms with Crippen molar-refractivity contribution < 1.29 is 15.0 Å². The third kappa shape index (κ3) is 2.82. The first kappa shape index (κ1) is 14.5. The van der Waals surface area contributed by atoms with E-state index < -0.39 is 5.54 Å². The maximum absolute atomic E-state index is 12.1. The first-order valence-electron chi connectivity index (χ1n) is 6.21. The Morgan fingerprint density at radius 1 is 1.33 bits per heavy atom. The molecule has 1 aromatic carbocycles. The van der Waals surface area contributed by atoms with Crippen LogP contribution < -0.4 is 5.32 Å². The second-order valence-electron chi connectivity index (χ2n) is 4.57. The molecule has 1 amide bonds. The minimum Gasteiger partial charge on any atom is -0.507 e. The van der Waals surface area contributed by atoms with Crippen LogP contribution in [0.1, 0.15) is 42.6 Å². The molecule has 0 unspecified atom stereocenters. The first-order chi connectivity index (χ1) is 8.49. The zero-order chi connectivity index (χ0) is 13.8. The molecule has 0 radical (unpaired) electrons. The molecule has 0 aliphatic heterocycles. The van der Waals surface area contributed by atoms with Gasteiger partial charge in [0, 0.05) is 0 Å². The molecule has 1 rings (SSSR count). The number of aliphatic hydroxyl groups is 1. The summed E-state index contributed by atoms with van der Waals surface area (Å²) in [6.07, 6.45) is 1.27. The minimum absolute atomic E-state index is 0.00551. The lowest BCUT2D eigenvalue weighted by Gasteiger charge is -2.30. The van der Waals surface area contributed by atoms with Gasteiger partial charge in [-0.3, -0.25) is 4.79 Å². The van der Waals surface area contributed by atoms with Crippen molar-refractivity contribution in [3.63, 3.8) is 0 Å². The lowest BCUT2D eigenvalue weighted by molar-refractivity contribution is 0.0815. The van der Waals surface area contributed by atoms with E-state index in [-0.39, 0.29) is 23.8 Å². The molecular weight excluding hydrogens is 230 g/mol. The number of hydrogen-bond acceptors (Lipinski definition) is 3. The van der Waals surface area contributed by atoms with Crippen molar-refractivity contribution in [1.82, 2.24) is 5.32 Å². The fourth-order valence-corrected chi connectivity index (χ4v) is 1.84. The van der Waals surface area contributed by atoms with Crippen LogP contribution >= 0.6 is 0 Å². The van der Waals surface area contributed by atoms with Gasteiger partial charge >= 0.3 is 0 Å². The van der Waals surface area contributed by atoms with Gasteiger partial charge in [-0.15, -0.1) is 0 Å². The van der Waals surface area contributed by atoms with E-state index in [1.807, 2.05) is 13.8 Å². The van der Waals surface area contributed by atoms with Crippen LogP contribution in [0.15, 0.2) is 18.2 Å². The van der Waals surface area contributed by atoms with Gasteiger partial charge < -0.3 is 15.5 Å². The molecule has 4 nitrogen and oxygen atoms in total. The summed E-state index contributed by atoms with van der Waals surface area (Å²) in [5, 5.41) is 22.1. The Balaban J connectivity index is 2.98. The van der Waals surface area contributed by atoms with Crippen molar-refractivity contribution in [3.05, 3.63) is 29.3 Å². The number of rotatable bonds is 5. The Labute approximate surface area is 108 Å². The maximum atomic E-state index is 12.1.